The number of hydrogen-bond donors (Lipinski definition) is 0. The molecule has 6 heteroatoms. The average Bonchev–Trinajstić information content (AvgIpc) is 2.90. The molecule has 35 heavy (non-hydrogen) atoms. The molecule has 176 valence electrons. The van der Waals surface area contributed by atoms with Gasteiger partial charge in [-0.25, -0.2) is 8.42 Å². The zero-order valence-electron chi connectivity index (χ0n) is 19.4. The second-order valence-electron chi connectivity index (χ2n) is 8.09. The topological polar surface area (TPSA) is 54.5 Å². The third-order valence-corrected chi connectivity index (χ3v) is 10.7. The van der Waals surface area contributed by atoms with Crippen LogP contribution in [0.15, 0.2) is 138 Å². The SMILES string of the molecule is C=C=C(N(Cc1ccccc1)S(=O)(=O)c1ccc(C)cc1)P(=O)(c1ccccc1)c1ccccc1. The molecule has 0 saturated carbocycles. The monoisotopic (exact) mass is 499 g/mol. The Morgan fingerprint density at radius 1 is 0.771 bits per heavy atom. The molecule has 0 heterocycles. The van der Waals surface area contributed by atoms with E-state index in [1.807, 2.05) is 49.4 Å². The van der Waals surface area contributed by atoms with E-state index in [-0.39, 0.29) is 16.9 Å². The number of rotatable bonds is 8. The molecule has 0 unspecified atom stereocenters. The van der Waals surface area contributed by atoms with Gasteiger partial charge in [0.05, 0.1) is 11.4 Å². The van der Waals surface area contributed by atoms with Crippen molar-refractivity contribution in [1.82, 2.24) is 4.31 Å². The van der Waals surface area contributed by atoms with Gasteiger partial charge >= 0.3 is 0 Å². The van der Waals surface area contributed by atoms with Gasteiger partial charge in [-0.2, -0.15) is 0 Å². The molecule has 0 amide bonds. The lowest BCUT2D eigenvalue weighted by molar-refractivity contribution is 0.483. The predicted molar refractivity (Wildman–Crippen MR) is 143 cm³/mol. The Labute approximate surface area is 207 Å². The van der Waals surface area contributed by atoms with E-state index in [2.05, 4.69) is 12.3 Å². The van der Waals surface area contributed by atoms with Crippen LogP contribution in [0.2, 0.25) is 0 Å². The van der Waals surface area contributed by atoms with Crippen molar-refractivity contribution in [3.63, 3.8) is 0 Å². The maximum Gasteiger partial charge on any atom is 0.265 e. The molecule has 0 bridgehead atoms. The standard InChI is InChI=1S/C29H26NO3PS/c1-3-29(34(31,26-15-9-5-10-16-26)27-17-11-6-12-18-27)30(23-25-13-7-4-8-14-25)35(32,33)28-21-19-24(2)20-22-28/h4-22H,1,23H2,2H3. The molecule has 0 saturated heterocycles. The number of sulfonamides is 1. The summed E-state index contributed by atoms with van der Waals surface area (Å²) in [6.07, 6.45) is 0. The molecule has 0 radical (unpaired) electrons. The van der Waals surface area contributed by atoms with Crippen molar-refractivity contribution in [3.05, 3.63) is 144 Å². The van der Waals surface area contributed by atoms with Crippen LogP contribution in [0.5, 0.6) is 0 Å². The molecule has 0 fully saturated rings. The van der Waals surface area contributed by atoms with Crippen LogP contribution in [0.1, 0.15) is 11.1 Å². The van der Waals surface area contributed by atoms with E-state index in [1.165, 1.54) is 4.31 Å². The average molecular weight is 500 g/mol. The molecule has 0 aliphatic rings. The van der Waals surface area contributed by atoms with Crippen molar-refractivity contribution < 1.29 is 13.0 Å². The van der Waals surface area contributed by atoms with E-state index in [1.54, 1.807) is 72.8 Å². The minimum Gasteiger partial charge on any atom is -0.306 e. The highest BCUT2D eigenvalue weighted by atomic mass is 32.2. The Morgan fingerprint density at radius 3 is 1.69 bits per heavy atom. The van der Waals surface area contributed by atoms with E-state index >= 15 is 4.57 Å². The van der Waals surface area contributed by atoms with Gasteiger partial charge in [-0.3, -0.25) is 4.31 Å². The third kappa shape index (κ3) is 4.94. The summed E-state index contributed by atoms with van der Waals surface area (Å²) in [5, 5.41) is 1.02. The van der Waals surface area contributed by atoms with E-state index in [9.17, 15) is 8.42 Å². The zero-order valence-corrected chi connectivity index (χ0v) is 21.1. The first kappa shape index (κ1) is 24.5. The number of nitrogens with zero attached hydrogens (tertiary/aromatic N) is 1. The maximum absolute atomic E-state index is 15.1. The van der Waals surface area contributed by atoms with Gasteiger partial charge in [-0.1, -0.05) is 121 Å². The fourth-order valence-corrected chi connectivity index (χ4v) is 8.48. The van der Waals surface area contributed by atoms with Gasteiger partial charge in [0.25, 0.3) is 10.0 Å². The van der Waals surface area contributed by atoms with Crippen molar-refractivity contribution in [1.29, 1.82) is 0 Å². The van der Waals surface area contributed by atoms with Crippen LogP contribution >= 0.6 is 7.14 Å². The number of aryl methyl sites for hydroxylation is 1. The van der Waals surface area contributed by atoms with Gasteiger partial charge in [0, 0.05) is 10.6 Å². The first-order chi connectivity index (χ1) is 16.9. The lowest BCUT2D eigenvalue weighted by Crippen LogP contribution is -2.33. The van der Waals surface area contributed by atoms with Crippen LogP contribution in [0.3, 0.4) is 0 Å². The Kier molecular flexibility index (Phi) is 7.23. The molecule has 4 aromatic rings. The van der Waals surface area contributed by atoms with Gasteiger partial charge in [0.15, 0.2) is 7.14 Å². The van der Waals surface area contributed by atoms with Crippen LogP contribution in [0.25, 0.3) is 0 Å². The Bertz CT molecular complexity index is 1450. The summed E-state index contributed by atoms with van der Waals surface area (Å²) in [6, 6.07) is 33.7. The van der Waals surface area contributed by atoms with Gasteiger partial charge in [-0.15, -0.1) is 0 Å². The smallest absolute Gasteiger partial charge is 0.265 e. The molecule has 4 rings (SSSR count). The van der Waals surface area contributed by atoms with Crippen molar-refractivity contribution in [2.75, 3.05) is 0 Å². The Morgan fingerprint density at radius 2 is 1.23 bits per heavy atom. The van der Waals surface area contributed by atoms with Crippen molar-refractivity contribution >= 4 is 27.8 Å². The van der Waals surface area contributed by atoms with Crippen molar-refractivity contribution in [3.8, 4) is 0 Å². The maximum atomic E-state index is 15.1. The second kappa shape index (κ2) is 10.3. The molecule has 0 aliphatic heterocycles. The van der Waals surface area contributed by atoms with Gasteiger partial charge in [0.1, 0.15) is 5.44 Å². The summed E-state index contributed by atoms with van der Waals surface area (Å²) in [4.78, 5) is 0.111. The van der Waals surface area contributed by atoms with Crippen molar-refractivity contribution in [2.24, 2.45) is 0 Å². The van der Waals surface area contributed by atoms with Crippen LogP contribution in [-0.4, -0.2) is 12.7 Å². The molecule has 0 atom stereocenters. The number of benzene rings is 4. The van der Waals surface area contributed by atoms with Crippen LogP contribution in [-0.2, 0) is 21.1 Å². The zero-order chi connectivity index (χ0) is 24.9. The lowest BCUT2D eigenvalue weighted by atomic mass is 10.2. The minimum atomic E-state index is -4.10. The Balaban J connectivity index is 1.97. The van der Waals surface area contributed by atoms with Crippen LogP contribution in [0, 0.1) is 6.92 Å². The molecule has 0 aromatic heterocycles. The Hall–Kier alpha value is -3.62. The second-order valence-corrected chi connectivity index (χ2v) is 12.6. The highest BCUT2D eigenvalue weighted by Gasteiger charge is 2.40. The largest absolute Gasteiger partial charge is 0.306 e. The van der Waals surface area contributed by atoms with Crippen LogP contribution < -0.4 is 10.6 Å². The summed E-state index contributed by atoms with van der Waals surface area (Å²) >= 11 is 0. The van der Waals surface area contributed by atoms with Gasteiger partial charge < -0.3 is 4.57 Å². The third-order valence-electron chi connectivity index (χ3n) is 5.71. The summed E-state index contributed by atoms with van der Waals surface area (Å²) in [5.74, 6) is 0. The van der Waals surface area contributed by atoms with E-state index in [0.717, 1.165) is 11.1 Å². The highest BCUT2D eigenvalue weighted by Crippen LogP contribution is 2.54. The normalized spacial score (nSPS) is 11.5. The lowest BCUT2D eigenvalue weighted by Gasteiger charge is -2.31. The van der Waals surface area contributed by atoms with Gasteiger partial charge in [-0.05, 0) is 24.6 Å². The minimum absolute atomic E-state index is 0.0153. The molecular weight excluding hydrogens is 473 g/mol. The molecule has 0 aliphatic carbocycles. The molecule has 0 spiro atoms. The summed E-state index contributed by atoms with van der Waals surface area (Å²) in [5.41, 5.74) is 4.52. The van der Waals surface area contributed by atoms with E-state index in [4.69, 9.17) is 0 Å². The van der Waals surface area contributed by atoms with Crippen molar-refractivity contribution in [2.45, 2.75) is 18.4 Å². The molecular formula is C29H26NO3PS. The quantitative estimate of drug-likeness (QED) is 0.227. The number of hydrogen-bond acceptors (Lipinski definition) is 3. The molecule has 4 aromatic carbocycles. The fourth-order valence-electron chi connectivity index (χ4n) is 3.89. The molecule has 0 N–H and O–H groups in total. The van der Waals surface area contributed by atoms with E-state index < -0.39 is 17.2 Å². The van der Waals surface area contributed by atoms with E-state index in [0.29, 0.717) is 10.6 Å². The fraction of sp³-hybridized carbons (Fsp3) is 0.0690. The van der Waals surface area contributed by atoms with Crippen LogP contribution in [0.4, 0.5) is 0 Å². The first-order valence-corrected chi connectivity index (χ1v) is 14.3. The molecule has 4 nitrogen and oxygen atoms in total. The summed E-state index contributed by atoms with van der Waals surface area (Å²) in [6.45, 7) is 5.70. The summed E-state index contributed by atoms with van der Waals surface area (Å²) < 4.78 is 44.4. The highest BCUT2D eigenvalue weighted by molar-refractivity contribution is 7.91. The van der Waals surface area contributed by atoms with Gasteiger partial charge in [0.2, 0.25) is 0 Å². The summed E-state index contributed by atoms with van der Waals surface area (Å²) in [7, 11) is -7.77. The first-order valence-electron chi connectivity index (χ1n) is 11.1. The predicted octanol–water partition coefficient (Wildman–Crippen LogP) is 5.83.